The Kier molecular flexibility index (Phi) is 4.96. The van der Waals surface area contributed by atoms with Crippen molar-refractivity contribution in [1.82, 2.24) is 0 Å². The topological polar surface area (TPSA) is 12.4 Å². The Hall–Kier alpha value is -2.64. The minimum Gasteiger partial charge on any atom is -0.205 e. The Labute approximate surface area is 165 Å². The summed E-state index contributed by atoms with van der Waals surface area (Å²) >= 11 is 6.16. The van der Waals surface area contributed by atoms with E-state index in [9.17, 15) is 8.78 Å². The molecule has 0 N–H and O–H groups in total. The smallest absolute Gasteiger partial charge is 0.142 e. The van der Waals surface area contributed by atoms with E-state index in [1.807, 2.05) is 6.07 Å². The van der Waals surface area contributed by atoms with Crippen molar-refractivity contribution in [2.45, 2.75) is 18.8 Å². The zero-order valence-electron chi connectivity index (χ0n) is 14.1. The van der Waals surface area contributed by atoms with E-state index in [-0.39, 0.29) is 5.56 Å². The quantitative estimate of drug-likeness (QED) is 0.274. The van der Waals surface area contributed by atoms with Crippen molar-refractivity contribution in [2.75, 3.05) is 0 Å². The van der Waals surface area contributed by atoms with E-state index >= 15 is 0 Å². The highest BCUT2D eigenvalue weighted by atomic mass is 32.1. The maximum atomic E-state index is 14.5. The Bertz CT molecular complexity index is 1090. The molecule has 0 atom stereocenters. The van der Waals surface area contributed by atoms with Crippen molar-refractivity contribution in [1.29, 1.82) is 0 Å². The van der Waals surface area contributed by atoms with Gasteiger partial charge in [0.25, 0.3) is 0 Å². The molecule has 0 radical (unpaired) electrons. The molecule has 0 saturated heterocycles. The van der Waals surface area contributed by atoms with Crippen molar-refractivity contribution >= 4 is 34.4 Å². The molecule has 27 heavy (non-hydrogen) atoms. The second-order valence-corrected chi connectivity index (χ2v) is 7.59. The number of isothiocyanates is 1. The maximum absolute atomic E-state index is 14.5. The first-order valence-corrected chi connectivity index (χ1v) is 9.65. The summed E-state index contributed by atoms with van der Waals surface area (Å²) < 4.78 is 28.9. The first kappa shape index (κ1) is 17.8. The summed E-state index contributed by atoms with van der Waals surface area (Å²) in [6.45, 7) is 0. The molecule has 1 fully saturated rings. The Morgan fingerprint density at radius 3 is 2.26 bits per heavy atom. The lowest BCUT2D eigenvalue weighted by molar-refractivity contribution is 0.578. The van der Waals surface area contributed by atoms with Gasteiger partial charge < -0.3 is 0 Å². The third-order valence-corrected chi connectivity index (χ3v) is 5.59. The second kappa shape index (κ2) is 7.54. The fraction of sp³-hybridized carbons (Fsp3) is 0.136. The van der Waals surface area contributed by atoms with Crippen LogP contribution in [0.15, 0.2) is 53.5 Å². The van der Waals surface area contributed by atoms with Gasteiger partial charge in [-0.05, 0) is 78.5 Å². The molecule has 0 aliphatic heterocycles. The van der Waals surface area contributed by atoms with E-state index in [1.54, 1.807) is 35.6 Å². The number of hydrogen-bond acceptors (Lipinski definition) is 3. The fourth-order valence-corrected chi connectivity index (χ4v) is 3.91. The van der Waals surface area contributed by atoms with Gasteiger partial charge in [-0.3, -0.25) is 0 Å². The van der Waals surface area contributed by atoms with E-state index < -0.39 is 11.6 Å². The van der Waals surface area contributed by atoms with Gasteiger partial charge in [0.2, 0.25) is 0 Å². The summed E-state index contributed by atoms with van der Waals surface area (Å²) in [6, 6.07) is 13.5. The third kappa shape index (κ3) is 4.04. The van der Waals surface area contributed by atoms with Gasteiger partial charge >= 0.3 is 0 Å². The highest BCUT2D eigenvalue weighted by Gasteiger charge is 2.24. The number of benzene rings is 2. The van der Waals surface area contributed by atoms with Gasteiger partial charge in [0, 0.05) is 4.88 Å². The van der Waals surface area contributed by atoms with Gasteiger partial charge in [0.15, 0.2) is 0 Å². The van der Waals surface area contributed by atoms with Crippen molar-refractivity contribution in [3.8, 4) is 23.0 Å². The first-order chi connectivity index (χ1) is 13.1. The average molecular weight is 393 g/mol. The van der Waals surface area contributed by atoms with Gasteiger partial charge in [-0.25, -0.2) is 8.78 Å². The molecule has 0 amide bonds. The van der Waals surface area contributed by atoms with Crippen LogP contribution in [0, 0.1) is 23.5 Å². The Balaban J connectivity index is 1.61. The normalized spacial score (nSPS) is 12.8. The van der Waals surface area contributed by atoms with E-state index in [0.717, 1.165) is 4.88 Å². The van der Waals surface area contributed by atoms with Crippen LogP contribution in [0.2, 0.25) is 0 Å². The van der Waals surface area contributed by atoms with E-state index in [0.29, 0.717) is 22.7 Å². The monoisotopic (exact) mass is 393 g/mol. The zero-order valence-corrected chi connectivity index (χ0v) is 15.8. The summed E-state index contributed by atoms with van der Waals surface area (Å²) in [5.41, 5.74) is 1.56. The molecule has 3 aromatic rings. The van der Waals surface area contributed by atoms with Gasteiger partial charge in [-0.2, -0.15) is 4.99 Å². The molecule has 0 bridgehead atoms. The maximum Gasteiger partial charge on any atom is 0.142 e. The minimum absolute atomic E-state index is 0.206. The summed E-state index contributed by atoms with van der Waals surface area (Å²) in [5.74, 6) is 4.85. The van der Waals surface area contributed by atoms with Crippen LogP contribution in [-0.2, 0) is 0 Å². The van der Waals surface area contributed by atoms with Gasteiger partial charge in [-0.1, -0.05) is 24.0 Å². The molecule has 1 nitrogen and oxygen atoms in total. The summed E-state index contributed by atoms with van der Waals surface area (Å²) in [4.78, 5) is 5.99. The van der Waals surface area contributed by atoms with Gasteiger partial charge in [0.05, 0.1) is 21.3 Å². The number of aliphatic imine (C=N–C) groups is 1. The summed E-state index contributed by atoms with van der Waals surface area (Å²) in [5, 5.41) is 2.28. The molecular weight excluding hydrogens is 380 g/mol. The minimum atomic E-state index is -0.669. The standard InChI is InChI=1S/C22H13F2NS2/c23-20-11-16(14-3-5-17(6-4-14)25-13-26)12-21(24)19(20)9-7-18-8-10-22(27-18)15-1-2-15/h3-6,8,10-12,15H,1-2H2. The molecule has 132 valence electrons. The van der Waals surface area contributed by atoms with Crippen LogP contribution in [0.3, 0.4) is 0 Å². The van der Waals surface area contributed by atoms with Gasteiger partial charge in [-0.15, -0.1) is 11.3 Å². The molecule has 0 unspecified atom stereocenters. The predicted molar refractivity (Wildman–Crippen MR) is 109 cm³/mol. The van der Waals surface area contributed by atoms with E-state index in [1.165, 1.54) is 29.9 Å². The van der Waals surface area contributed by atoms with Crippen LogP contribution in [0.1, 0.15) is 34.1 Å². The van der Waals surface area contributed by atoms with Crippen LogP contribution >= 0.6 is 23.6 Å². The predicted octanol–water partition coefficient (Wildman–Crippen LogP) is 6.70. The molecule has 1 aliphatic carbocycles. The van der Waals surface area contributed by atoms with Gasteiger partial charge in [0.1, 0.15) is 11.6 Å². The van der Waals surface area contributed by atoms with Crippen LogP contribution in [-0.4, -0.2) is 5.16 Å². The molecule has 2 aromatic carbocycles. The zero-order chi connectivity index (χ0) is 18.8. The molecule has 1 heterocycles. The number of thiocarbonyl (C=S) groups is 1. The number of halogens is 2. The summed E-state index contributed by atoms with van der Waals surface area (Å²) in [7, 11) is 0. The molecule has 1 saturated carbocycles. The fourth-order valence-electron chi connectivity index (χ4n) is 2.77. The van der Waals surface area contributed by atoms with Crippen molar-refractivity contribution in [2.24, 2.45) is 4.99 Å². The Morgan fingerprint density at radius 2 is 1.63 bits per heavy atom. The molecule has 4 rings (SSSR count). The molecule has 5 heteroatoms. The lowest BCUT2D eigenvalue weighted by atomic mass is 10.0. The highest BCUT2D eigenvalue weighted by Crippen LogP contribution is 2.43. The summed E-state index contributed by atoms with van der Waals surface area (Å²) in [6.07, 6.45) is 2.44. The SMILES string of the molecule is Fc1cc(-c2ccc(N=C=S)cc2)cc(F)c1C#Cc1ccc(C2CC2)s1. The highest BCUT2D eigenvalue weighted by molar-refractivity contribution is 7.78. The third-order valence-electron chi connectivity index (χ3n) is 4.33. The number of hydrogen-bond donors (Lipinski definition) is 0. The lowest BCUT2D eigenvalue weighted by Crippen LogP contribution is -1.92. The number of thiophene rings is 1. The second-order valence-electron chi connectivity index (χ2n) is 6.29. The molecule has 1 aliphatic rings. The van der Waals surface area contributed by atoms with Crippen LogP contribution in [0.4, 0.5) is 14.5 Å². The molecular formula is C22H13F2NS2. The van der Waals surface area contributed by atoms with Crippen LogP contribution in [0.25, 0.3) is 11.1 Å². The van der Waals surface area contributed by atoms with E-state index in [4.69, 9.17) is 0 Å². The van der Waals surface area contributed by atoms with Crippen LogP contribution in [0.5, 0.6) is 0 Å². The van der Waals surface area contributed by atoms with Crippen molar-refractivity contribution in [3.05, 3.63) is 75.5 Å². The van der Waals surface area contributed by atoms with Crippen molar-refractivity contribution < 1.29 is 8.78 Å². The number of rotatable bonds is 3. The van der Waals surface area contributed by atoms with Crippen LogP contribution < -0.4 is 0 Å². The van der Waals surface area contributed by atoms with Crippen molar-refractivity contribution in [3.63, 3.8) is 0 Å². The number of nitrogens with zero attached hydrogens (tertiary/aromatic N) is 1. The average Bonchev–Trinajstić information content (AvgIpc) is 3.40. The molecule has 0 spiro atoms. The Morgan fingerprint density at radius 1 is 0.926 bits per heavy atom. The molecule has 1 aromatic heterocycles. The largest absolute Gasteiger partial charge is 0.205 e. The van der Waals surface area contributed by atoms with E-state index in [2.05, 4.69) is 40.3 Å². The first-order valence-electron chi connectivity index (χ1n) is 8.43. The lowest BCUT2D eigenvalue weighted by Gasteiger charge is -2.05.